The minimum Gasteiger partial charge on any atom is -0.390 e. The molecule has 0 saturated carbocycles. The minimum atomic E-state index is -4.15. The summed E-state index contributed by atoms with van der Waals surface area (Å²) in [7, 11) is -7.71. The molecule has 2 N–H and O–H groups in total. The molecule has 1 saturated heterocycles. The number of para-hydroxylation sites is 1. The number of carbonyl (C=O) groups is 1. The van der Waals surface area contributed by atoms with Crippen molar-refractivity contribution >= 4 is 31.5 Å². The number of nitrogens with one attached hydrogen (secondary N) is 1. The topological polar surface area (TPSA) is 121 Å². The summed E-state index contributed by atoms with van der Waals surface area (Å²) in [5, 5.41) is 12.9. The van der Waals surface area contributed by atoms with Gasteiger partial charge in [0.25, 0.3) is 10.0 Å². The molecular formula is C19H22N2O6S2. The summed E-state index contributed by atoms with van der Waals surface area (Å²) in [5.74, 6) is -1.14. The van der Waals surface area contributed by atoms with Crippen molar-refractivity contribution in [1.82, 2.24) is 5.32 Å². The van der Waals surface area contributed by atoms with Gasteiger partial charge in [-0.1, -0.05) is 30.3 Å². The van der Waals surface area contributed by atoms with Gasteiger partial charge >= 0.3 is 0 Å². The van der Waals surface area contributed by atoms with Crippen LogP contribution in [0.4, 0.5) is 5.69 Å². The Kier molecular flexibility index (Phi) is 5.97. The van der Waals surface area contributed by atoms with Crippen molar-refractivity contribution < 1.29 is 26.7 Å². The average Bonchev–Trinajstić information content (AvgIpc) is 2.93. The first kappa shape index (κ1) is 21.3. The summed E-state index contributed by atoms with van der Waals surface area (Å²) in [6.07, 6.45) is -1.32. The third kappa shape index (κ3) is 4.77. The molecule has 1 aliphatic heterocycles. The maximum absolute atomic E-state index is 13.4. The molecule has 156 valence electrons. The lowest BCUT2D eigenvalue weighted by Gasteiger charge is -2.31. The van der Waals surface area contributed by atoms with E-state index in [0.717, 1.165) is 4.31 Å². The number of aliphatic hydroxyl groups excluding tert-OH is 1. The smallest absolute Gasteiger partial charge is 0.264 e. The number of benzene rings is 2. The molecule has 0 aromatic heterocycles. The lowest BCUT2D eigenvalue weighted by molar-refractivity contribution is -0.119. The SMILES string of the molecule is CC(=O)NCc1ccc(S(=O)(=O)N(c2ccccc2)[C@H]2CS(=O)(=O)C[C@H]2O)cc1. The molecule has 1 fully saturated rings. The Balaban J connectivity index is 2.00. The van der Waals surface area contributed by atoms with E-state index in [4.69, 9.17) is 0 Å². The van der Waals surface area contributed by atoms with Crippen LogP contribution in [0.25, 0.3) is 0 Å². The van der Waals surface area contributed by atoms with Crippen LogP contribution in [-0.2, 0) is 31.2 Å². The first-order valence-corrected chi connectivity index (χ1v) is 12.2. The molecule has 0 unspecified atom stereocenters. The zero-order valence-corrected chi connectivity index (χ0v) is 17.4. The zero-order valence-electron chi connectivity index (χ0n) is 15.7. The van der Waals surface area contributed by atoms with Gasteiger partial charge in [-0.05, 0) is 29.8 Å². The number of hydrogen-bond donors (Lipinski definition) is 2. The molecule has 3 rings (SSSR count). The number of hydrogen-bond acceptors (Lipinski definition) is 6. The Morgan fingerprint density at radius 3 is 2.24 bits per heavy atom. The number of carbonyl (C=O) groups excluding carboxylic acids is 1. The first-order valence-electron chi connectivity index (χ1n) is 8.91. The zero-order chi connectivity index (χ0) is 21.2. The second-order valence-corrected chi connectivity index (χ2v) is 10.9. The van der Waals surface area contributed by atoms with E-state index in [9.17, 15) is 26.7 Å². The van der Waals surface area contributed by atoms with E-state index in [1.54, 1.807) is 42.5 Å². The van der Waals surface area contributed by atoms with Crippen molar-refractivity contribution in [3.05, 3.63) is 60.2 Å². The second-order valence-electron chi connectivity index (χ2n) is 6.90. The van der Waals surface area contributed by atoms with Crippen LogP contribution in [-0.4, -0.2) is 51.5 Å². The van der Waals surface area contributed by atoms with Crippen molar-refractivity contribution in [3.63, 3.8) is 0 Å². The van der Waals surface area contributed by atoms with Crippen LogP contribution in [0.2, 0.25) is 0 Å². The van der Waals surface area contributed by atoms with E-state index in [2.05, 4.69) is 5.32 Å². The molecule has 1 heterocycles. The molecule has 0 bridgehead atoms. The lowest BCUT2D eigenvalue weighted by atomic mass is 10.2. The Bertz CT molecular complexity index is 1080. The number of aliphatic hydroxyl groups is 1. The van der Waals surface area contributed by atoms with Crippen LogP contribution in [0.3, 0.4) is 0 Å². The number of anilines is 1. The number of amides is 1. The predicted molar refractivity (Wildman–Crippen MR) is 109 cm³/mol. The highest BCUT2D eigenvalue weighted by Gasteiger charge is 2.44. The molecule has 10 heteroatoms. The highest BCUT2D eigenvalue weighted by molar-refractivity contribution is 7.93. The van der Waals surface area contributed by atoms with E-state index < -0.39 is 43.5 Å². The van der Waals surface area contributed by atoms with Gasteiger partial charge in [0.2, 0.25) is 5.91 Å². The molecule has 0 radical (unpaired) electrons. The maximum atomic E-state index is 13.4. The molecule has 1 amide bonds. The van der Waals surface area contributed by atoms with Crippen molar-refractivity contribution in [2.75, 3.05) is 15.8 Å². The van der Waals surface area contributed by atoms with Crippen LogP contribution < -0.4 is 9.62 Å². The summed E-state index contributed by atoms with van der Waals surface area (Å²) in [5.41, 5.74) is 0.991. The third-order valence-corrected chi connectivity index (χ3v) is 8.19. The van der Waals surface area contributed by atoms with Crippen LogP contribution in [0.15, 0.2) is 59.5 Å². The molecule has 2 aromatic rings. The molecule has 2 atom stereocenters. The van der Waals surface area contributed by atoms with Gasteiger partial charge in [0, 0.05) is 13.5 Å². The summed E-state index contributed by atoms with van der Waals surface area (Å²) in [4.78, 5) is 11.0. The van der Waals surface area contributed by atoms with Gasteiger partial charge < -0.3 is 10.4 Å². The third-order valence-electron chi connectivity index (χ3n) is 4.63. The van der Waals surface area contributed by atoms with E-state index in [1.807, 2.05) is 0 Å². The molecule has 0 spiro atoms. The van der Waals surface area contributed by atoms with E-state index in [1.165, 1.54) is 19.1 Å². The van der Waals surface area contributed by atoms with Crippen LogP contribution >= 0.6 is 0 Å². The lowest BCUT2D eigenvalue weighted by Crippen LogP contribution is -2.47. The molecule has 2 aromatic carbocycles. The van der Waals surface area contributed by atoms with Crippen molar-refractivity contribution in [1.29, 1.82) is 0 Å². The van der Waals surface area contributed by atoms with Crippen LogP contribution in [0.1, 0.15) is 12.5 Å². The predicted octanol–water partition coefficient (Wildman–Crippen LogP) is 0.676. The van der Waals surface area contributed by atoms with Gasteiger partial charge in [0.15, 0.2) is 9.84 Å². The maximum Gasteiger partial charge on any atom is 0.264 e. The van der Waals surface area contributed by atoms with Gasteiger partial charge in [0.1, 0.15) is 0 Å². The largest absolute Gasteiger partial charge is 0.390 e. The van der Waals surface area contributed by atoms with Crippen molar-refractivity contribution in [2.45, 2.75) is 30.5 Å². The highest BCUT2D eigenvalue weighted by Crippen LogP contribution is 2.31. The fourth-order valence-corrected chi connectivity index (χ4v) is 6.78. The van der Waals surface area contributed by atoms with E-state index in [0.29, 0.717) is 5.56 Å². The number of sulfonamides is 1. The fourth-order valence-electron chi connectivity index (χ4n) is 3.24. The Morgan fingerprint density at radius 1 is 1.10 bits per heavy atom. The van der Waals surface area contributed by atoms with Crippen LogP contribution in [0.5, 0.6) is 0 Å². The molecule has 8 nitrogen and oxygen atoms in total. The Morgan fingerprint density at radius 2 is 1.72 bits per heavy atom. The highest BCUT2D eigenvalue weighted by atomic mass is 32.2. The van der Waals surface area contributed by atoms with Gasteiger partial charge in [-0.2, -0.15) is 0 Å². The van der Waals surface area contributed by atoms with Gasteiger partial charge in [-0.15, -0.1) is 0 Å². The van der Waals surface area contributed by atoms with E-state index in [-0.39, 0.29) is 23.0 Å². The fraction of sp³-hybridized carbons (Fsp3) is 0.316. The minimum absolute atomic E-state index is 0.0376. The Labute approximate surface area is 170 Å². The Hall–Kier alpha value is -2.43. The van der Waals surface area contributed by atoms with Crippen molar-refractivity contribution in [2.24, 2.45) is 0 Å². The quantitative estimate of drug-likeness (QED) is 0.684. The average molecular weight is 439 g/mol. The molecule has 0 aliphatic carbocycles. The monoisotopic (exact) mass is 438 g/mol. The summed E-state index contributed by atoms with van der Waals surface area (Å²) in [6.45, 7) is 1.65. The van der Waals surface area contributed by atoms with Crippen molar-refractivity contribution in [3.8, 4) is 0 Å². The van der Waals surface area contributed by atoms with Gasteiger partial charge in [-0.25, -0.2) is 16.8 Å². The summed E-state index contributed by atoms with van der Waals surface area (Å²) < 4.78 is 51.8. The summed E-state index contributed by atoms with van der Waals surface area (Å²) >= 11 is 0. The molecule has 29 heavy (non-hydrogen) atoms. The molecular weight excluding hydrogens is 416 g/mol. The van der Waals surface area contributed by atoms with Gasteiger partial charge in [0.05, 0.1) is 34.2 Å². The first-order chi connectivity index (χ1) is 13.6. The summed E-state index contributed by atoms with van der Waals surface area (Å²) in [6, 6.07) is 13.0. The van der Waals surface area contributed by atoms with Crippen LogP contribution in [0, 0.1) is 0 Å². The normalized spacial score (nSPS) is 20.9. The standard InChI is InChI=1S/C19H22N2O6S2/c1-14(22)20-11-15-7-9-17(10-8-15)29(26,27)21(16-5-3-2-4-6-16)18-12-28(24,25)13-19(18)23/h2-10,18-19,23H,11-13H2,1H3,(H,20,22)/t18-,19+/m0/s1. The number of rotatable bonds is 6. The van der Waals surface area contributed by atoms with E-state index >= 15 is 0 Å². The second kappa shape index (κ2) is 8.13. The number of nitrogens with zero attached hydrogens (tertiary/aromatic N) is 1. The number of sulfone groups is 1. The molecule has 1 aliphatic rings. The van der Waals surface area contributed by atoms with Gasteiger partial charge in [-0.3, -0.25) is 9.10 Å².